The van der Waals surface area contributed by atoms with Gasteiger partial charge in [-0.05, 0) is 50.2 Å². The third-order valence-corrected chi connectivity index (χ3v) is 4.45. The van der Waals surface area contributed by atoms with E-state index in [4.69, 9.17) is 9.47 Å². The summed E-state index contributed by atoms with van der Waals surface area (Å²) in [6.07, 6.45) is 20.7. The topological polar surface area (TPSA) is 35.5 Å². The van der Waals surface area contributed by atoms with Gasteiger partial charge in [-0.2, -0.15) is 0 Å². The highest BCUT2D eigenvalue weighted by Crippen LogP contribution is 2.25. The zero-order chi connectivity index (χ0) is 19.7. The van der Waals surface area contributed by atoms with E-state index in [1.165, 1.54) is 32.8 Å². The van der Waals surface area contributed by atoms with Gasteiger partial charge in [0.15, 0.2) is 0 Å². The molecule has 0 saturated heterocycles. The second-order valence-corrected chi connectivity index (χ2v) is 6.50. The van der Waals surface area contributed by atoms with Crippen molar-refractivity contribution in [1.82, 2.24) is 0 Å². The van der Waals surface area contributed by atoms with Crippen molar-refractivity contribution in [1.29, 1.82) is 0 Å². The largest absolute Gasteiger partial charge is 0.496 e. The number of unbranched alkanes of at least 4 members (excludes halogenated alkanes) is 5. The van der Waals surface area contributed by atoms with Crippen molar-refractivity contribution in [2.75, 3.05) is 14.2 Å². The number of hydrogen-bond acceptors (Lipinski definition) is 3. The van der Waals surface area contributed by atoms with Crippen LogP contribution in [0.2, 0.25) is 0 Å². The molecule has 0 amide bonds. The van der Waals surface area contributed by atoms with Crippen molar-refractivity contribution < 1.29 is 14.3 Å². The molecule has 0 heterocycles. The fraction of sp³-hybridized carbons (Fsp3) is 0.458. The van der Waals surface area contributed by atoms with Gasteiger partial charge in [-0.25, -0.2) is 4.79 Å². The average Bonchev–Trinajstić information content (AvgIpc) is 2.70. The van der Waals surface area contributed by atoms with Crippen molar-refractivity contribution in [3.8, 4) is 5.75 Å². The summed E-state index contributed by atoms with van der Waals surface area (Å²) in [6.45, 7) is 3.69. The normalized spacial score (nSPS) is 11.2. The molecule has 0 aliphatic carbocycles. The van der Waals surface area contributed by atoms with E-state index in [0.29, 0.717) is 11.3 Å². The Kier molecular flexibility index (Phi) is 12.5. The zero-order valence-electron chi connectivity index (χ0n) is 16.9. The van der Waals surface area contributed by atoms with Gasteiger partial charge < -0.3 is 9.47 Å². The van der Waals surface area contributed by atoms with Crippen LogP contribution in [0.15, 0.2) is 55.2 Å². The van der Waals surface area contributed by atoms with E-state index in [1.54, 1.807) is 13.2 Å². The van der Waals surface area contributed by atoms with Gasteiger partial charge in [-0.15, -0.1) is 6.58 Å². The highest BCUT2D eigenvalue weighted by molar-refractivity contribution is 5.94. The van der Waals surface area contributed by atoms with Gasteiger partial charge in [-0.3, -0.25) is 0 Å². The first-order valence-corrected chi connectivity index (χ1v) is 9.89. The third kappa shape index (κ3) is 9.28. The van der Waals surface area contributed by atoms with Gasteiger partial charge in [-0.1, -0.05) is 61.8 Å². The standard InChI is InChI=1S/C24H34O3/c1-4-5-6-7-8-9-10-11-12-13-14-15-16-18-21-19-17-20-22(26-2)23(21)24(25)27-3/h4,6-7,9-10,17,19-20H,1,5,8,11-16,18H2,2-3H3. The number of esters is 1. The number of hydrogen-bond donors (Lipinski definition) is 0. The Balaban J connectivity index is 2.23. The Morgan fingerprint density at radius 1 is 0.963 bits per heavy atom. The number of allylic oxidation sites excluding steroid dienone is 5. The van der Waals surface area contributed by atoms with Crippen LogP contribution in [0.4, 0.5) is 0 Å². The van der Waals surface area contributed by atoms with E-state index in [-0.39, 0.29) is 5.97 Å². The Labute approximate surface area is 164 Å². The maximum Gasteiger partial charge on any atom is 0.341 e. The fourth-order valence-corrected chi connectivity index (χ4v) is 2.98. The highest BCUT2D eigenvalue weighted by atomic mass is 16.5. The molecule has 0 aromatic heterocycles. The van der Waals surface area contributed by atoms with Crippen LogP contribution in [0.3, 0.4) is 0 Å². The van der Waals surface area contributed by atoms with E-state index in [9.17, 15) is 4.79 Å². The lowest BCUT2D eigenvalue weighted by molar-refractivity contribution is 0.0595. The number of rotatable bonds is 14. The molecule has 0 aliphatic heterocycles. The summed E-state index contributed by atoms with van der Waals surface area (Å²) in [5.74, 6) is 0.263. The molecule has 148 valence electrons. The number of ether oxygens (including phenoxy) is 2. The Morgan fingerprint density at radius 3 is 2.41 bits per heavy atom. The van der Waals surface area contributed by atoms with Crippen LogP contribution in [0.1, 0.15) is 67.3 Å². The molecule has 0 fully saturated rings. The maximum atomic E-state index is 12.0. The molecule has 1 aromatic carbocycles. The van der Waals surface area contributed by atoms with Crippen molar-refractivity contribution >= 4 is 5.97 Å². The molecule has 0 unspecified atom stereocenters. The molecule has 1 rings (SSSR count). The summed E-state index contributed by atoms with van der Waals surface area (Å²) in [6, 6.07) is 5.72. The first kappa shape index (κ1) is 22.8. The second-order valence-electron chi connectivity index (χ2n) is 6.50. The van der Waals surface area contributed by atoms with E-state index in [1.807, 2.05) is 18.2 Å². The lowest BCUT2D eigenvalue weighted by atomic mass is 9.99. The summed E-state index contributed by atoms with van der Waals surface area (Å²) in [7, 11) is 2.99. The Bertz CT molecular complexity index is 614. The first-order valence-electron chi connectivity index (χ1n) is 9.89. The molecule has 0 radical (unpaired) electrons. The summed E-state index contributed by atoms with van der Waals surface area (Å²) >= 11 is 0. The first-order chi connectivity index (χ1) is 13.2. The van der Waals surface area contributed by atoms with Crippen LogP contribution in [0, 0.1) is 0 Å². The molecule has 0 saturated carbocycles. The average molecular weight is 371 g/mol. The SMILES string of the molecule is C=CCC=CCC=CCCCCCCCc1cccc(OC)c1C(=O)OC. The van der Waals surface area contributed by atoms with Crippen LogP contribution in [-0.2, 0) is 11.2 Å². The minimum absolute atomic E-state index is 0.325. The highest BCUT2D eigenvalue weighted by Gasteiger charge is 2.17. The maximum absolute atomic E-state index is 12.0. The molecule has 1 aromatic rings. The molecule has 3 heteroatoms. The molecule has 3 nitrogen and oxygen atoms in total. The number of methoxy groups -OCH3 is 2. The monoisotopic (exact) mass is 370 g/mol. The van der Waals surface area contributed by atoms with Crippen LogP contribution in [0.5, 0.6) is 5.75 Å². The van der Waals surface area contributed by atoms with Crippen molar-refractivity contribution in [3.63, 3.8) is 0 Å². The lowest BCUT2D eigenvalue weighted by Crippen LogP contribution is -2.08. The van der Waals surface area contributed by atoms with Crippen LogP contribution >= 0.6 is 0 Å². The molecule has 0 spiro atoms. The van der Waals surface area contributed by atoms with Gasteiger partial charge in [0.2, 0.25) is 0 Å². The lowest BCUT2D eigenvalue weighted by Gasteiger charge is -2.12. The van der Waals surface area contributed by atoms with E-state index < -0.39 is 0 Å². The van der Waals surface area contributed by atoms with Crippen molar-refractivity contribution in [2.24, 2.45) is 0 Å². The van der Waals surface area contributed by atoms with E-state index in [0.717, 1.165) is 37.7 Å². The van der Waals surface area contributed by atoms with Gasteiger partial charge in [0, 0.05) is 0 Å². The Morgan fingerprint density at radius 2 is 1.67 bits per heavy atom. The summed E-state index contributed by atoms with van der Waals surface area (Å²) in [4.78, 5) is 12.0. The molecule has 27 heavy (non-hydrogen) atoms. The van der Waals surface area contributed by atoms with Crippen molar-refractivity contribution in [3.05, 3.63) is 66.3 Å². The smallest absolute Gasteiger partial charge is 0.341 e. The molecule has 0 aliphatic rings. The van der Waals surface area contributed by atoms with Gasteiger partial charge >= 0.3 is 5.97 Å². The number of aryl methyl sites for hydroxylation is 1. The number of carbonyl (C=O) groups is 1. The molecular formula is C24H34O3. The zero-order valence-corrected chi connectivity index (χ0v) is 16.9. The fourth-order valence-electron chi connectivity index (χ4n) is 2.98. The summed E-state index contributed by atoms with van der Waals surface area (Å²) in [5, 5.41) is 0. The minimum Gasteiger partial charge on any atom is -0.496 e. The number of carbonyl (C=O) groups excluding carboxylic acids is 1. The third-order valence-electron chi connectivity index (χ3n) is 4.45. The predicted octanol–water partition coefficient (Wildman–Crippen LogP) is 6.44. The molecule has 0 atom stereocenters. The van der Waals surface area contributed by atoms with E-state index >= 15 is 0 Å². The van der Waals surface area contributed by atoms with Gasteiger partial charge in [0.1, 0.15) is 11.3 Å². The molecular weight excluding hydrogens is 336 g/mol. The Hall–Kier alpha value is -2.29. The quantitative estimate of drug-likeness (QED) is 0.215. The minimum atomic E-state index is -0.325. The summed E-state index contributed by atoms with van der Waals surface area (Å²) < 4.78 is 10.2. The van der Waals surface area contributed by atoms with E-state index in [2.05, 4.69) is 30.9 Å². The molecule has 0 N–H and O–H groups in total. The van der Waals surface area contributed by atoms with Gasteiger partial charge in [0.05, 0.1) is 14.2 Å². The van der Waals surface area contributed by atoms with Crippen LogP contribution in [-0.4, -0.2) is 20.2 Å². The van der Waals surface area contributed by atoms with Crippen LogP contribution in [0.25, 0.3) is 0 Å². The van der Waals surface area contributed by atoms with Crippen LogP contribution < -0.4 is 4.74 Å². The summed E-state index contributed by atoms with van der Waals surface area (Å²) in [5.41, 5.74) is 1.57. The van der Waals surface area contributed by atoms with Gasteiger partial charge in [0.25, 0.3) is 0 Å². The van der Waals surface area contributed by atoms with Crippen molar-refractivity contribution in [2.45, 2.75) is 57.8 Å². The number of benzene rings is 1. The molecule has 0 bridgehead atoms. The second kappa shape index (κ2) is 14.8. The predicted molar refractivity (Wildman–Crippen MR) is 113 cm³/mol.